The van der Waals surface area contributed by atoms with E-state index in [4.69, 9.17) is 5.11 Å². The Balaban J connectivity index is 2.71. The van der Waals surface area contributed by atoms with Gasteiger partial charge in [-0.05, 0) is 26.1 Å². The predicted octanol–water partition coefficient (Wildman–Crippen LogP) is 1.31. The Bertz CT molecular complexity index is 533. The maximum Gasteiger partial charge on any atom is 0.356 e. The van der Waals surface area contributed by atoms with Crippen LogP contribution >= 0.6 is 0 Å². The molecule has 5 nitrogen and oxygen atoms in total. The van der Waals surface area contributed by atoms with Crippen LogP contribution in [0.15, 0.2) is 24.4 Å². The molecule has 0 aliphatic heterocycles. The van der Waals surface area contributed by atoms with Crippen molar-refractivity contribution in [2.75, 3.05) is 7.05 Å². The summed E-state index contributed by atoms with van der Waals surface area (Å²) in [6.07, 6.45) is 1.82. The van der Waals surface area contributed by atoms with Crippen LogP contribution in [0.3, 0.4) is 0 Å². The first-order chi connectivity index (χ1) is 7.65. The third-order valence-corrected chi connectivity index (χ3v) is 2.60. The van der Waals surface area contributed by atoms with Crippen LogP contribution in [0.5, 0.6) is 0 Å². The van der Waals surface area contributed by atoms with Gasteiger partial charge in [0.25, 0.3) is 0 Å². The maximum atomic E-state index is 11.0. The van der Waals surface area contributed by atoms with Gasteiger partial charge in [0.15, 0.2) is 5.69 Å². The van der Waals surface area contributed by atoms with Crippen LogP contribution in [-0.2, 0) is 0 Å². The second-order valence-corrected chi connectivity index (χ2v) is 3.59. The van der Waals surface area contributed by atoms with Crippen molar-refractivity contribution in [2.24, 2.45) is 0 Å². The molecule has 0 saturated heterocycles. The molecule has 0 fully saturated rings. The van der Waals surface area contributed by atoms with Crippen molar-refractivity contribution in [3.63, 3.8) is 0 Å². The number of carbonyl (C=O) groups is 1. The lowest BCUT2D eigenvalue weighted by molar-refractivity contribution is 0.0693. The van der Waals surface area contributed by atoms with Gasteiger partial charge in [0.2, 0.25) is 0 Å². The van der Waals surface area contributed by atoms with Crippen LogP contribution in [0.25, 0.3) is 5.52 Å². The summed E-state index contributed by atoms with van der Waals surface area (Å²) in [5.41, 5.74) is 0.713. The Morgan fingerprint density at radius 1 is 1.56 bits per heavy atom. The van der Waals surface area contributed by atoms with Gasteiger partial charge < -0.3 is 14.8 Å². The van der Waals surface area contributed by atoms with Gasteiger partial charge in [0, 0.05) is 6.20 Å². The smallest absolute Gasteiger partial charge is 0.356 e. The number of nitrogens with one attached hydrogen (secondary N) is 1. The van der Waals surface area contributed by atoms with E-state index in [-0.39, 0.29) is 11.7 Å². The molecule has 16 heavy (non-hydrogen) atoms. The molecule has 0 spiro atoms. The standard InChI is InChI=1S/C11H13N3O2/c1-7(12-2)10-13-9(11(15)16)8-5-3-4-6-14(8)10/h3-7,12H,1-2H3,(H,15,16). The van der Waals surface area contributed by atoms with Gasteiger partial charge in [0.1, 0.15) is 5.82 Å². The monoisotopic (exact) mass is 219 g/mol. The molecule has 0 aromatic carbocycles. The van der Waals surface area contributed by atoms with Crippen molar-refractivity contribution in [3.05, 3.63) is 35.9 Å². The van der Waals surface area contributed by atoms with Gasteiger partial charge in [-0.2, -0.15) is 0 Å². The zero-order chi connectivity index (χ0) is 11.7. The van der Waals surface area contributed by atoms with E-state index in [1.54, 1.807) is 16.5 Å². The zero-order valence-corrected chi connectivity index (χ0v) is 9.14. The summed E-state index contributed by atoms with van der Waals surface area (Å²) in [4.78, 5) is 15.2. The Morgan fingerprint density at radius 2 is 2.31 bits per heavy atom. The predicted molar refractivity (Wildman–Crippen MR) is 59.6 cm³/mol. The SMILES string of the molecule is CNC(C)c1nc(C(=O)O)c2ccccn12. The highest BCUT2D eigenvalue weighted by atomic mass is 16.4. The molecule has 84 valence electrons. The van der Waals surface area contributed by atoms with E-state index in [0.29, 0.717) is 11.3 Å². The summed E-state index contributed by atoms with van der Waals surface area (Å²) in [5.74, 6) is -0.297. The van der Waals surface area contributed by atoms with E-state index in [0.717, 1.165) is 0 Å². The average molecular weight is 219 g/mol. The van der Waals surface area contributed by atoms with Crippen molar-refractivity contribution in [1.82, 2.24) is 14.7 Å². The lowest BCUT2D eigenvalue weighted by Gasteiger charge is -2.08. The fourth-order valence-electron chi connectivity index (χ4n) is 1.65. The maximum absolute atomic E-state index is 11.0. The molecule has 0 aliphatic rings. The highest BCUT2D eigenvalue weighted by Crippen LogP contribution is 2.17. The molecule has 0 radical (unpaired) electrons. The first kappa shape index (κ1) is 10.6. The highest BCUT2D eigenvalue weighted by Gasteiger charge is 2.18. The first-order valence-corrected chi connectivity index (χ1v) is 5.02. The van der Waals surface area contributed by atoms with Crippen LogP contribution in [0.2, 0.25) is 0 Å². The first-order valence-electron chi connectivity index (χ1n) is 5.02. The van der Waals surface area contributed by atoms with Crippen LogP contribution in [-0.4, -0.2) is 27.5 Å². The second kappa shape index (κ2) is 3.94. The summed E-state index contributed by atoms with van der Waals surface area (Å²) in [6.45, 7) is 1.94. The molecule has 2 rings (SSSR count). The number of carboxylic acid groups (broad SMARTS) is 1. The molecule has 2 aromatic rings. The number of nitrogens with zero attached hydrogens (tertiary/aromatic N) is 2. The van der Waals surface area contributed by atoms with E-state index < -0.39 is 5.97 Å². The molecule has 1 unspecified atom stereocenters. The van der Waals surface area contributed by atoms with Gasteiger partial charge in [-0.15, -0.1) is 0 Å². The number of aromatic carboxylic acids is 1. The highest BCUT2D eigenvalue weighted by molar-refractivity contribution is 5.93. The number of aromatic nitrogens is 2. The minimum absolute atomic E-state index is 0.00278. The molecule has 0 amide bonds. The summed E-state index contributed by atoms with van der Waals surface area (Å²) in [5, 5.41) is 12.1. The third kappa shape index (κ3) is 1.55. The molecule has 1 atom stereocenters. The largest absolute Gasteiger partial charge is 0.476 e. The molecular weight excluding hydrogens is 206 g/mol. The molecule has 2 heterocycles. The normalized spacial score (nSPS) is 12.9. The fraction of sp³-hybridized carbons (Fsp3) is 0.273. The Kier molecular flexibility index (Phi) is 2.62. The number of pyridine rings is 1. The van der Waals surface area contributed by atoms with E-state index in [2.05, 4.69) is 10.3 Å². The average Bonchev–Trinajstić information content (AvgIpc) is 2.67. The molecular formula is C11H13N3O2. The lowest BCUT2D eigenvalue weighted by atomic mass is 10.3. The Morgan fingerprint density at radius 3 is 2.94 bits per heavy atom. The van der Waals surface area contributed by atoms with Crippen molar-refractivity contribution >= 4 is 11.5 Å². The van der Waals surface area contributed by atoms with Crippen molar-refractivity contribution in [3.8, 4) is 0 Å². The minimum atomic E-state index is -1.00. The number of carboxylic acids is 1. The van der Waals surface area contributed by atoms with Gasteiger partial charge in [-0.3, -0.25) is 0 Å². The molecule has 0 aliphatic carbocycles. The number of fused-ring (bicyclic) bond motifs is 1. The van der Waals surface area contributed by atoms with E-state index in [1.807, 2.05) is 26.2 Å². The number of hydrogen-bond acceptors (Lipinski definition) is 3. The second-order valence-electron chi connectivity index (χ2n) is 3.59. The number of imidazole rings is 1. The summed E-state index contributed by atoms with van der Waals surface area (Å²) >= 11 is 0. The van der Waals surface area contributed by atoms with Gasteiger partial charge in [-0.25, -0.2) is 9.78 Å². The quantitative estimate of drug-likeness (QED) is 0.816. The molecule has 2 aromatic heterocycles. The van der Waals surface area contributed by atoms with E-state index >= 15 is 0 Å². The summed E-state index contributed by atoms with van der Waals surface area (Å²) in [7, 11) is 1.81. The van der Waals surface area contributed by atoms with Gasteiger partial charge >= 0.3 is 5.97 Å². The fourth-order valence-corrected chi connectivity index (χ4v) is 1.65. The van der Waals surface area contributed by atoms with E-state index in [1.165, 1.54) is 0 Å². The van der Waals surface area contributed by atoms with Crippen molar-refractivity contribution < 1.29 is 9.90 Å². The number of hydrogen-bond donors (Lipinski definition) is 2. The van der Waals surface area contributed by atoms with Crippen LogP contribution in [0.4, 0.5) is 0 Å². The Hall–Kier alpha value is -1.88. The van der Waals surface area contributed by atoms with Gasteiger partial charge in [-0.1, -0.05) is 6.07 Å². The third-order valence-electron chi connectivity index (χ3n) is 2.60. The van der Waals surface area contributed by atoms with Crippen LogP contribution in [0.1, 0.15) is 29.3 Å². The zero-order valence-electron chi connectivity index (χ0n) is 9.14. The van der Waals surface area contributed by atoms with Crippen LogP contribution < -0.4 is 5.32 Å². The Labute approximate surface area is 92.7 Å². The van der Waals surface area contributed by atoms with Gasteiger partial charge in [0.05, 0.1) is 11.6 Å². The minimum Gasteiger partial charge on any atom is -0.476 e. The van der Waals surface area contributed by atoms with Crippen LogP contribution in [0, 0.1) is 0 Å². The molecule has 5 heteroatoms. The summed E-state index contributed by atoms with van der Waals surface area (Å²) < 4.78 is 1.80. The van der Waals surface area contributed by atoms with E-state index in [9.17, 15) is 4.79 Å². The topological polar surface area (TPSA) is 66.6 Å². The van der Waals surface area contributed by atoms with Crippen molar-refractivity contribution in [2.45, 2.75) is 13.0 Å². The summed E-state index contributed by atoms with van der Waals surface area (Å²) in [6, 6.07) is 5.41. The number of rotatable bonds is 3. The molecule has 2 N–H and O–H groups in total. The lowest BCUT2D eigenvalue weighted by Crippen LogP contribution is -2.15. The molecule has 0 saturated carbocycles. The molecule has 0 bridgehead atoms. The van der Waals surface area contributed by atoms with Crippen molar-refractivity contribution in [1.29, 1.82) is 0 Å².